The third-order valence-corrected chi connectivity index (χ3v) is 1.76. The maximum Gasteiger partial charge on any atom is 0.131 e. The molecule has 1 rings (SSSR count). The number of hydrogen-bond acceptors (Lipinski definition) is 3. The van der Waals surface area contributed by atoms with Crippen molar-refractivity contribution in [3.05, 3.63) is 26.7 Å². The molecule has 10 heavy (non-hydrogen) atoms. The van der Waals surface area contributed by atoms with E-state index in [1.54, 1.807) is 12.1 Å². The second-order valence-corrected chi connectivity index (χ2v) is 3.04. The molecule has 1 aromatic carbocycles. The standard InChI is InChI=1S/C6H5IN2O/c7-4-1-2-5(8)6(3-4)9-10/h1-3H,8H2. The number of halogens is 1. The lowest BCUT2D eigenvalue weighted by atomic mass is 10.3. The largest absolute Gasteiger partial charge is 0.397 e. The van der Waals surface area contributed by atoms with Gasteiger partial charge in [-0.1, -0.05) is 0 Å². The highest BCUT2D eigenvalue weighted by Crippen LogP contribution is 2.23. The van der Waals surface area contributed by atoms with Crippen molar-refractivity contribution < 1.29 is 0 Å². The molecule has 0 aliphatic heterocycles. The second kappa shape index (κ2) is 2.96. The summed E-state index contributed by atoms with van der Waals surface area (Å²) in [5.41, 5.74) is 6.14. The summed E-state index contributed by atoms with van der Waals surface area (Å²) in [5.74, 6) is 0. The van der Waals surface area contributed by atoms with E-state index < -0.39 is 0 Å². The topological polar surface area (TPSA) is 55.4 Å². The van der Waals surface area contributed by atoms with Crippen molar-refractivity contribution in [2.45, 2.75) is 0 Å². The van der Waals surface area contributed by atoms with Crippen molar-refractivity contribution in [1.29, 1.82) is 0 Å². The molecule has 0 aliphatic rings. The molecule has 3 nitrogen and oxygen atoms in total. The van der Waals surface area contributed by atoms with Crippen molar-refractivity contribution >= 4 is 34.0 Å². The summed E-state index contributed by atoms with van der Waals surface area (Å²) in [5, 5.41) is 2.75. The van der Waals surface area contributed by atoms with E-state index in [1.807, 2.05) is 6.07 Å². The summed E-state index contributed by atoms with van der Waals surface area (Å²) in [7, 11) is 0. The highest BCUT2D eigenvalue weighted by Gasteiger charge is 1.97. The van der Waals surface area contributed by atoms with Gasteiger partial charge in [0.1, 0.15) is 5.69 Å². The number of nitrogens with zero attached hydrogens (tertiary/aromatic N) is 1. The molecule has 2 N–H and O–H groups in total. The Hall–Kier alpha value is -0.650. The van der Waals surface area contributed by atoms with Gasteiger partial charge < -0.3 is 5.73 Å². The van der Waals surface area contributed by atoms with Gasteiger partial charge in [0, 0.05) is 3.57 Å². The molecule has 0 amide bonds. The third-order valence-electron chi connectivity index (χ3n) is 1.09. The van der Waals surface area contributed by atoms with Gasteiger partial charge in [-0.05, 0) is 46.0 Å². The lowest BCUT2D eigenvalue weighted by molar-refractivity contribution is 1.48. The number of benzene rings is 1. The average molecular weight is 248 g/mol. The monoisotopic (exact) mass is 248 g/mol. The fourth-order valence-corrected chi connectivity index (χ4v) is 1.07. The molecule has 0 bridgehead atoms. The first-order chi connectivity index (χ1) is 4.74. The number of nitroso groups, excluding NO2 is 1. The summed E-state index contributed by atoms with van der Waals surface area (Å²) in [6.07, 6.45) is 0. The fraction of sp³-hybridized carbons (Fsp3) is 0. The minimum atomic E-state index is 0.312. The first-order valence-electron chi connectivity index (χ1n) is 2.62. The first-order valence-corrected chi connectivity index (χ1v) is 3.70. The number of nitrogen functional groups attached to an aromatic ring is 1. The van der Waals surface area contributed by atoms with Crippen LogP contribution in [0.15, 0.2) is 23.4 Å². The first kappa shape index (κ1) is 7.46. The van der Waals surface area contributed by atoms with Gasteiger partial charge in [0.05, 0.1) is 5.69 Å². The summed E-state index contributed by atoms with van der Waals surface area (Å²) in [6, 6.07) is 5.13. The Bertz CT molecular complexity index is 262. The van der Waals surface area contributed by atoms with E-state index in [-0.39, 0.29) is 0 Å². The van der Waals surface area contributed by atoms with Crippen LogP contribution >= 0.6 is 22.6 Å². The molecule has 0 heterocycles. The molecular formula is C6H5IN2O. The SMILES string of the molecule is Nc1ccc(I)cc1N=O. The van der Waals surface area contributed by atoms with Gasteiger partial charge in [-0.15, -0.1) is 4.91 Å². The van der Waals surface area contributed by atoms with Crippen LogP contribution < -0.4 is 5.73 Å². The second-order valence-electron chi connectivity index (χ2n) is 1.79. The van der Waals surface area contributed by atoms with Crippen molar-refractivity contribution in [1.82, 2.24) is 0 Å². The van der Waals surface area contributed by atoms with Gasteiger partial charge in [-0.3, -0.25) is 0 Å². The van der Waals surface area contributed by atoms with E-state index in [1.165, 1.54) is 0 Å². The highest BCUT2D eigenvalue weighted by atomic mass is 127. The molecule has 0 atom stereocenters. The molecular weight excluding hydrogens is 243 g/mol. The maximum atomic E-state index is 10.0. The smallest absolute Gasteiger partial charge is 0.131 e. The number of hydrogen-bond donors (Lipinski definition) is 1. The van der Waals surface area contributed by atoms with Crippen molar-refractivity contribution in [2.75, 3.05) is 5.73 Å². The Labute approximate surface area is 71.7 Å². The molecule has 0 spiro atoms. The van der Waals surface area contributed by atoms with Crippen molar-refractivity contribution in [3.8, 4) is 0 Å². The van der Waals surface area contributed by atoms with Crippen LogP contribution in [-0.2, 0) is 0 Å². The van der Waals surface area contributed by atoms with Crippen LogP contribution in [0.25, 0.3) is 0 Å². The van der Waals surface area contributed by atoms with E-state index in [9.17, 15) is 4.91 Å². The van der Waals surface area contributed by atoms with E-state index >= 15 is 0 Å². The number of nitrogens with two attached hydrogens (primary N) is 1. The van der Waals surface area contributed by atoms with Gasteiger partial charge in [0.25, 0.3) is 0 Å². The van der Waals surface area contributed by atoms with E-state index in [0.29, 0.717) is 11.4 Å². The van der Waals surface area contributed by atoms with Gasteiger partial charge in [0.15, 0.2) is 0 Å². The maximum absolute atomic E-state index is 10.0. The van der Waals surface area contributed by atoms with Crippen molar-refractivity contribution in [2.24, 2.45) is 5.18 Å². The Balaban J connectivity index is 3.21. The molecule has 0 saturated carbocycles. The zero-order valence-corrected chi connectivity index (χ0v) is 7.20. The van der Waals surface area contributed by atoms with Crippen molar-refractivity contribution in [3.63, 3.8) is 0 Å². The van der Waals surface area contributed by atoms with Crippen LogP contribution in [0.5, 0.6) is 0 Å². The summed E-state index contributed by atoms with van der Waals surface area (Å²) < 4.78 is 0.960. The van der Waals surface area contributed by atoms with Crippen LogP contribution in [-0.4, -0.2) is 0 Å². The Morgan fingerprint density at radius 1 is 1.50 bits per heavy atom. The van der Waals surface area contributed by atoms with Crippen LogP contribution in [0.1, 0.15) is 0 Å². The number of rotatable bonds is 1. The Kier molecular flexibility index (Phi) is 2.21. The zero-order valence-electron chi connectivity index (χ0n) is 5.04. The fourth-order valence-electron chi connectivity index (χ4n) is 0.596. The average Bonchev–Trinajstić information content (AvgIpc) is 1.94. The highest BCUT2D eigenvalue weighted by molar-refractivity contribution is 14.1. The van der Waals surface area contributed by atoms with Gasteiger partial charge in [-0.25, -0.2) is 0 Å². The summed E-state index contributed by atoms with van der Waals surface area (Å²) in [4.78, 5) is 10.0. The minimum Gasteiger partial charge on any atom is -0.397 e. The van der Waals surface area contributed by atoms with Crippen LogP contribution in [0.4, 0.5) is 11.4 Å². The van der Waals surface area contributed by atoms with Crippen LogP contribution in [0.3, 0.4) is 0 Å². The Morgan fingerprint density at radius 3 is 2.70 bits per heavy atom. The molecule has 0 fully saturated rings. The summed E-state index contributed by atoms with van der Waals surface area (Å²) in [6.45, 7) is 0. The lowest BCUT2D eigenvalue weighted by Crippen LogP contribution is -1.84. The molecule has 1 aromatic rings. The lowest BCUT2D eigenvalue weighted by Gasteiger charge is -1.95. The van der Waals surface area contributed by atoms with Crippen LogP contribution in [0, 0.1) is 8.48 Å². The van der Waals surface area contributed by atoms with Gasteiger partial charge >= 0.3 is 0 Å². The molecule has 4 heteroatoms. The minimum absolute atomic E-state index is 0.312. The quantitative estimate of drug-likeness (QED) is 0.470. The predicted molar refractivity (Wildman–Crippen MR) is 49.0 cm³/mol. The van der Waals surface area contributed by atoms with E-state index in [0.717, 1.165) is 3.57 Å². The summed E-state index contributed by atoms with van der Waals surface area (Å²) >= 11 is 2.09. The molecule has 0 aliphatic carbocycles. The third kappa shape index (κ3) is 1.44. The number of anilines is 1. The van der Waals surface area contributed by atoms with Crippen LogP contribution in [0.2, 0.25) is 0 Å². The molecule has 0 saturated heterocycles. The van der Waals surface area contributed by atoms with E-state index in [4.69, 9.17) is 5.73 Å². The Morgan fingerprint density at radius 2 is 2.20 bits per heavy atom. The molecule has 0 aromatic heterocycles. The molecule has 0 radical (unpaired) electrons. The molecule has 0 unspecified atom stereocenters. The normalized spacial score (nSPS) is 9.30. The van der Waals surface area contributed by atoms with E-state index in [2.05, 4.69) is 27.8 Å². The predicted octanol–water partition coefficient (Wildman–Crippen LogP) is 2.27. The zero-order chi connectivity index (χ0) is 7.56. The molecule has 52 valence electrons. The van der Waals surface area contributed by atoms with Gasteiger partial charge in [0.2, 0.25) is 0 Å². The van der Waals surface area contributed by atoms with Gasteiger partial charge in [-0.2, -0.15) is 0 Å².